The highest BCUT2D eigenvalue weighted by Gasteiger charge is 2.14. The third-order valence-electron chi connectivity index (χ3n) is 2.06. The van der Waals surface area contributed by atoms with Crippen LogP contribution in [-0.4, -0.2) is 15.2 Å². The molecule has 0 aliphatic heterocycles. The second-order valence-electron chi connectivity index (χ2n) is 4.65. The van der Waals surface area contributed by atoms with Crippen LogP contribution in [0.1, 0.15) is 20.8 Å². The molecule has 0 spiro atoms. The molecule has 0 N–H and O–H groups in total. The Labute approximate surface area is 95.7 Å². The quantitative estimate of drug-likeness (QED) is 0.771. The Balaban J connectivity index is 2.39. The lowest BCUT2D eigenvalue weighted by molar-refractivity contribution is 0.130. The van der Waals surface area contributed by atoms with E-state index < -0.39 is 0 Å². The number of imidazole rings is 1. The molecule has 2 rings (SSSR count). The first-order valence-electron chi connectivity index (χ1n) is 5.33. The number of hydrogen-bond acceptors (Lipinski definition) is 2. The highest BCUT2D eigenvalue weighted by atomic mass is 16.5. The summed E-state index contributed by atoms with van der Waals surface area (Å²) in [6.45, 7) is 6.12. The molecule has 0 fully saturated rings. The van der Waals surface area contributed by atoms with Crippen molar-refractivity contribution in [2.75, 3.05) is 0 Å². The SMILES string of the molecule is CC(C)(C)Oc1ccccc1-n1ccnc1. The van der Waals surface area contributed by atoms with E-state index in [0.717, 1.165) is 11.4 Å². The lowest BCUT2D eigenvalue weighted by atomic mass is 10.2. The van der Waals surface area contributed by atoms with Gasteiger partial charge in [-0.3, -0.25) is 0 Å². The molecule has 84 valence electrons. The summed E-state index contributed by atoms with van der Waals surface area (Å²) in [5, 5.41) is 0. The first kappa shape index (κ1) is 10.7. The van der Waals surface area contributed by atoms with Crippen molar-refractivity contribution in [2.24, 2.45) is 0 Å². The van der Waals surface area contributed by atoms with E-state index in [1.54, 1.807) is 12.5 Å². The van der Waals surface area contributed by atoms with Gasteiger partial charge in [0.15, 0.2) is 0 Å². The molecular weight excluding hydrogens is 200 g/mol. The Morgan fingerprint density at radius 1 is 1.19 bits per heavy atom. The molecule has 0 saturated heterocycles. The summed E-state index contributed by atoms with van der Waals surface area (Å²) in [5.74, 6) is 0.869. The van der Waals surface area contributed by atoms with E-state index in [9.17, 15) is 0 Å². The van der Waals surface area contributed by atoms with Gasteiger partial charge in [0.25, 0.3) is 0 Å². The molecule has 0 unspecified atom stereocenters. The molecule has 0 aliphatic rings. The van der Waals surface area contributed by atoms with Gasteiger partial charge in [0, 0.05) is 12.4 Å². The van der Waals surface area contributed by atoms with E-state index in [0.29, 0.717) is 0 Å². The summed E-state index contributed by atoms with van der Waals surface area (Å²) >= 11 is 0. The molecule has 3 nitrogen and oxygen atoms in total. The summed E-state index contributed by atoms with van der Waals surface area (Å²) < 4.78 is 7.85. The Morgan fingerprint density at radius 2 is 1.94 bits per heavy atom. The molecule has 1 heterocycles. The van der Waals surface area contributed by atoms with E-state index in [4.69, 9.17) is 4.74 Å². The fourth-order valence-electron chi connectivity index (χ4n) is 1.49. The number of nitrogens with zero attached hydrogens (tertiary/aromatic N) is 2. The first-order chi connectivity index (χ1) is 7.56. The summed E-state index contributed by atoms with van der Waals surface area (Å²) in [5.41, 5.74) is 0.811. The molecule has 0 saturated carbocycles. The highest BCUT2D eigenvalue weighted by Crippen LogP contribution is 2.25. The Morgan fingerprint density at radius 3 is 2.56 bits per heavy atom. The number of aromatic nitrogens is 2. The fourth-order valence-corrected chi connectivity index (χ4v) is 1.49. The monoisotopic (exact) mass is 216 g/mol. The van der Waals surface area contributed by atoms with E-state index in [2.05, 4.69) is 4.98 Å². The predicted octanol–water partition coefficient (Wildman–Crippen LogP) is 3.05. The first-order valence-corrected chi connectivity index (χ1v) is 5.33. The molecule has 0 aliphatic carbocycles. The van der Waals surface area contributed by atoms with Crippen LogP contribution in [-0.2, 0) is 0 Å². The second kappa shape index (κ2) is 4.00. The lowest BCUT2D eigenvalue weighted by Crippen LogP contribution is -2.23. The smallest absolute Gasteiger partial charge is 0.144 e. The van der Waals surface area contributed by atoms with Crippen LogP contribution in [0.4, 0.5) is 0 Å². The van der Waals surface area contributed by atoms with Crippen molar-refractivity contribution in [1.29, 1.82) is 0 Å². The third-order valence-corrected chi connectivity index (χ3v) is 2.06. The molecule has 0 bridgehead atoms. The van der Waals surface area contributed by atoms with Crippen molar-refractivity contribution in [3.8, 4) is 11.4 Å². The number of hydrogen-bond donors (Lipinski definition) is 0. The summed E-state index contributed by atoms with van der Waals surface area (Å²) in [4.78, 5) is 4.04. The zero-order chi connectivity index (χ0) is 11.6. The minimum absolute atomic E-state index is 0.198. The molecule has 16 heavy (non-hydrogen) atoms. The van der Waals surface area contributed by atoms with Crippen molar-refractivity contribution in [2.45, 2.75) is 26.4 Å². The minimum atomic E-state index is -0.198. The summed E-state index contributed by atoms with van der Waals surface area (Å²) in [6, 6.07) is 7.95. The molecule has 0 amide bonds. The van der Waals surface area contributed by atoms with Gasteiger partial charge in [-0.05, 0) is 32.9 Å². The van der Waals surface area contributed by atoms with Crippen molar-refractivity contribution < 1.29 is 4.74 Å². The van der Waals surface area contributed by atoms with Gasteiger partial charge in [-0.15, -0.1) is 0 Å². The van der Waals surface area contributed by atoms with Gasteiger partial charge in [-0.1, -0.05) is 12.1 Å². The average Bonchev–Trinajstić information content (AvgIpc) is 2.69. The molecule has 0 atom stereocenters. The van der Waals surface area contributed by atoms with Gasteiger partial charge < -0.3 is 9.30 Å². The maximum Gasteiger partial charge on any atom is 0.144 e. The third kappa shape index (κ3) is 2.42. The zero-order valence-electron chi connectivity index (χ0n) is 9.84. The van der Waals surface area contributed by atoms with Gasteiger partial charge in [-0.2, -0.15) is 0 Å². The van der Waals surface area contributed by atoms with Crippen LogP contribution in [0.15, 0.2) is 43.0 Å². The Kier molecular flexibility index (Phi) is 2.69. The summed E-state index contributed by atoms with van der Waals surface area (Å²) in [6.07, 6.45) is 5.43. The van der Waals surface area contributed by atoms with Crippen molar-refractivity contribution >= 4 is 0 Å². The number of para-hydroxylation sites is 2. The number of rotatable bonds is 2. The summed E-state index contributed by atoms with van der Waals surface area (Å²) in [7, 11) is 0. The molecule has 3 heteroatoms. The van der Waals surface area contributed by atoms with Crippen molar-refractivity contribution in [3.63, 3.8) is 0 Å². The van der Waals surface area contributed by atoms with E-state index in [-0.39, 0.29) is 5.60 Å². The maximum atomic E-state index is 5.91. The van der Waals surface area contributed by atoms with Gasteiger partial charge in [0.05, 0.1) is 12.0 Å². The van der Waals surface area contributed by atoms with Crippen LogP contribution in [0, 0.1) is 0 Å². The van der Waals surface area contributed by atoms with Crippen LogP contribution in [0.2, 0.25) is 0 Å². The standard InChI is InChI=1S/C13H16N2O/c1-13(2,3)16-12-7-5-4-6-11(12)15-9-8-14-10-15/h4-10H,1-3H3. The minimum Gasteiger partial charge on any atom is -0.486 e. The topological polar surface area (TPSA) is 27.1 Å². The van der Waals surface area contributed by atoms with Crippen molar-refractivity contribution in [3.05, 3.63) is 43.0 Å². The van der Waals surface area contributed by atoms with Crippen LogP contribution < -0.4 is 4.74 Å². The van der Waals surface area contributed by atoms with E-state index in [1.807, 2.05) is 55.8 Å². The van der Waals surface area contributed by atoms with Gasteiger partial charge in [0.2, 0.25) is 0 Å². The van der Waals surface area contributed by atoms with Gasteiger partial charge in [-0.25, -0.2) is 4.98 Å². The second-order valence-corrected chi connectivity index (χ2v) is 4.65. The Bertz CT molecular complexity index is 455. The van der Waals surface area contributed by atoms with Crippen molar-refractivity contribution in [1.82, 2.24) is 9.55 Å². The number of benzene rings is 1. The highest BCUT2D eigenvalue weighted by molar-refractivity contribution is 5.46. The zero-order valence-corrected chi connectivity index (χ0v) is 9.84. The molecule has 2 aromatic rings. The maximum absolute atomic E-state index is 5.91. The fraction of sp³-hybridized carbons (Fsp3) is 0.308. The number of ether oxygens (including phenoxy) is 1. The van der Waals surface area contributed by atoms with Crippen LogP contribution in [0.3, 0.4) is 0 Å². The average molecular weight is 216 g/mol. The van der Waals surface area contributed by atoms with Crippen LogP contribution in [0.25, 0.3) is 5.69 Å². The van der Waals surface area contributed by atoms with Crippen LogP contribution in [0.5, 0.6) is 5.75 Å². The van der Waals surface area contributed by atoms with Gasteiger partial charge >= 0.3 is 0 Å². The lowest BCUT2D eigenvalue weighted by Gasteiger charge is -2.23. The normalized spacial score (nSPS) is 11.4. The van der Waals surface area contributed by atoms with Gasteiger partial charge in [0.1, 0.15) is 11.4 Å². The van der Waals surface area contributed by atoms with E-state index >= 15 is 0 Å². The largest absolute Gasteiger partial charge is 0.486 e. The van der Waals surface area contributed by atoms with Crippen LogP contribution >= 0.6 is 0 Å². The molecule has 1 aromatic heterocycles. The Hall–Kier alpha value is -1.77. The predicted molar refractivity (Wildman–Crippen MR) is 63.9 cm³/mol. The molecular formula is C13H16N2O. The van der Waals surface area contributed by atoms with E-state index in [1.165, 1.54) is 0 Å². The molecule has 0 radical (unpaired) electrons. The molecule has 1 aromatic carbocycles.